The van der Waals surface area contributed by atoms with Crippen LogP contribution in [0, 0.1) is 0 Å². The summed E-state index contributed by atoms with van der Waals surface area (Å²) in [6.45, 7) is 4.16. The van der Waals surface area contributed by atoms with Crippen LogP contribution in [0.5, 0.6) is 5.75 Å². The van der Waals surface area contributed by atoms with E-state index >= 15 is 0 Å². The molecule has 26 heavy (non-hydrogen) atoms. The second-order valence-electron chi connectivity index (χ2n) is 5.64. The van der Waals surface area contributed by atoms with Gasteiger partial charge in [0.05, 0.1) is 4.90 Å². The Morgan fingerprint density at radius 3 is 2.27 bits per heavy atom. The third kappa shape index (κ3) is 5.45. The Labute approximate surface area is 156 Å². The summed E-state index contributed by atoms with van der Waals surface area (Å²) >= 11 is 5.26. The molecule has 0 saturated carbocycles. The van der Waals surface area contributed by atoms with Crippen LogP contribution in [0.3, 0.4) is 0 Å². The lowest BCUT2D eigenvalue weighted by atomic mass is 10.3. The molecule has 1 fully saturated rings. The van der Waals surface area contributed by atoms with Crippen LogP contribution in [0.4, 0.5) is 13.2 Å². The molecule has 6 nitrogen and oxygen atoms in total. The Bertz CT molecular complexity index is 716. The van der Waals surface area contributed by atoms with E-state index in [2.05, 4.69) is 10.1 Å². The van der Waals surface area contributed by atoms with E-state index in [1.807, 2.05) is 11.8 Å². The van der Waals surface area contributed by atoms with E-state index in [1.54, 1.807) is 0 Å². The highest BCUT2D eigenvalue weighted by Crippen LogP contribution is 2.25. The number of halogens is 3. The maximum absolute atomic E-state index is 12.6. The molecule has 0 aromatic heterocycles. The first-order chi connectivity index (χ1) is 12.1. The third-order valence-electron chi connectivity index (χ3n) is 3.75. The number of piperazine rings is 1. The number of benzene rings is 1. The van der Waals surface area contributed by atoms with Crippen molar-refractivity contribution < 1.29 is 26.3 Å². The predicted molar refractivity (Wildman–Crippen MR) is 94.3 cm³/mol. The minimum absolute atomic E-state index is 0.0767. The molecule has 1 aromatic carbocycles. The van der Waals surface area contributed by atoms with E-state index in [0.29, 0.717) is 18.2 Å². The number of sulfonamides is 1. The van der Waals surface area contributed by atoms with Gasteiger partial charge in [-0.2, -0.15) is 4.31 Å². The maximum atomic E-state index is 12.6. The van der Waals surface area contributed by atoms with Crippen molar-refractivity contribution in [2.45, 2.75) is 24.6 Å². The summed E-state index contributed by atoms with van der Waals surface area (Å²) in [6.07, 6.45) is -3.89. The fourth-order valence-electron chi connectivity index (χ4n) is 2.44. The van der Waals surface area contributed by atoms with Crippen LogP contribution >= 0.6 is 12.2 Å². The number of nitrogens with one attached hydrogen (secondary N) is 1. The summed E-state index contributed by atoms with van der Waals surface area (Å²) in [5.41, 5.74) is 0. The zero-order chi connectivity index (χ0) is 19.4. The van der Waals surface area contributed by atoms with E-state index < -0.39 is 22.1 Å². The summed E-state index contributed by atoms with van der Waals surface area (Å²) in [4.78, 5) is 1.82. The lowest BCUT2D eigenvalue weighted by molar-refractivity contribution is -0.274. The van der Waals surface area contributed by atoms with Gasteiger partial charge in [0.25, 0.3) is 0 Å². The minimum Gasteiger partial charge on any atom is -0.406 e. The molecule has 0 amide bonds. The maximum Gasteiger partial charge on any atom is 0.573 e. The average molecular weight is 411 g/mol. The van der Waals surface area contributed by atoms with Crippen molar-refractivity contribution in [1.82, 2.24) is 14.5 Å². The highest BCUT2D eigenvalue weighted by Gasteiger charge is 2.32. The second-order valence-corrected chi connectivity index (χ2v) is 7.97. The summed E-state index contributed by atoms with van der Waals surface area (Å²) in [7, 11) is -3.78. The molecule has 0 unspecified atom stereocenters. The van der Waals surface area contributed by atoms with Gasteiger partial charge in [-0.05, 0) is 42.9 Å². The number of nitrogens with zero attached hydrogens (tertiary/aromatic N) is 2. The quantitative estimate of drug-likeness (QED) is 0.750. The minimum atomic E-state index is -4.82. The summed E-state index contributed by atoms with van der Waals surface area (Å²) in [5.74, 6) is -0.464. The van der Waals surface area contributed by atoms with Crippen molar-refractivity contribution in [1.29, 1.82) is 0 Å². The molecule has 0 radical (unpaired) electrons. The summed E-state index contributed by atoms with van der Waals surface area (Å²) in [6, 6.07) is 4.19. The average Bonchev–Trinajstić information content (AvgIpc) is 2.59. The number of alkyl halides is 3. The lowest BCUT2D eigenvalue weighted by Gasteiger charge is -2.35. The van der Waals surface area contributed by atoms with Gasteiger partial charge in [-0.1, -0.05) is 6.92 Å². The van der Waals surface area contributed by atoms with Gasteiger partial charge in [-0.15, -0.1) is 13.2 Å². The Morgan fingerprint density at radius 2 is 1.77 bits per heavy atom. The van der Waals surface area contributed by atoms with Gasteiger partial charge in [0.1, 0.15) is 5.75 Å². The normalized spacial score (nSPS) is 16.4. The Morgan fingerprint density at radius 1 is 1.19 bits per heavy atom. The third-order valence-corrected chi connectivity index (χ3v) is 6.06. The summed E-state index contributed by atoms with van der Waals surface area (Å²) in [5, 5.41) is 3.69. The van der Waals surface area contributed by atoms with Crippen molar-refractivity contribution >= 4 is 27.4 Å². The molecule has 11 heteroatoms. The second kappa shape index (κ2) is 8.40. The van der Waals surface area contributed by atoms with Gasteiger partial charge in [0.2, 0.25) is 10.0 Å². The molecule has 146 valence electrons. The van der Waals surface area contributed by atoms with Crippen LogP contribution in [0.2, 0.25) is 0 Å². The molecule has 1 heterocycles. The van der Waals surface area contributed by atoms with E-state index in [4.69, 9.17) is 12.2 Å². The molecule has 0 spiro atoms. The van der Waals surface area contributed by atoms with E-state index in [0.717, 1.165) is 37.2 Å². The number of rotatable bonds is 5. The van der Waals surface area contributed by atoms with Crippen molar-refractivity contribution in [2.24, 2.45) is 0 Å². The van der Waals surface area contributed by atoms with Crippen LogP contribution in [-0.2, 0) is 10.0 Å². The molecular formula is C15H20F3N3O3S2. The first kappa shape index (κ1) is 20.7. The fourth-order valence-corrected chi connectivity index (χ4v) is 4.14. The molecule has 2 rings (SSSR count). The predicted octanol–water partition coefficient (Wildman–Crippen LogP) is 2.18. The Hall–Kier alpha value is -1.59. The van der Waals surface area contributed by atoms with Crippen molar-refractivity contribution in [3.8, 4) is 5.75 Å². The highest BCUT2D eigenvalue weighted by atomic mass is 32.2. The molecule has 1 aliphatic rings. The first-order valence-corrected chi connectivity index (χ1v) is 9.87. The molecule has 0 atom stereocenters. The number of ether oxygens (including phenoxy) is 1. The lowest BCUT2D eigenvalue weighted by Crippen LogP contribution is -2.53. The fraction of sp³-hybridized carbons (Fsp3) is 0.533. The van der Waals surface area contributed by atoms with Crippen LogP contribution in [0.15, 0.2) is 29.2 Å². The van der Waals surface area contributed by atoms with Gasteiger partial charge in [0.15, 0.2) is 5.11 Å². The number of hydrogen-bond donors (Lipinski definition) is 1. The van der Waals surface area contributed by atoms with Crippen molar-refractivity contribution in [3.63, 3.8) is 0 Å². The van der Waals surface area contributed by atoms with Crippen LogP contribution in [-0.4, -0.2) is 61.8 Å². The van der Waals surface area contributed by atoms with Gasteiger partial charge in [-0.25, -0.2) is 8.42 Å². The first-order valence-electron chi connectivity index (χ1n) is 8.02. The molecule has 0 aliphatic carbocycles. The van der Waals surface area contributed by atoms with E-state index in [1.165, 1.54) is 4.31 Å². The molecule has 1 aliphatic heterocycles. The van der Waals surface area contributed by atoms with Crippen LogP contribution in [0.25, 0.3) is 0 Å². The van der Waals surface area contributed by atoms with Crippen LogP contribution in [0.1, 0.15) is 13.3 Å². The highest BCUT2D eigenvalue weighted by molar-refractivity contribution is 7.89. The number of hydrogen-bond acceptors (Lipinski definition) is 4. The zero-order valence-electron chi connectivity index (χ0n) is 14.1. The molecule has 1 aromatic rings. The van der Waals surface area contributed by atoms with Gasteiger partial charge >= 0.3 is 6.36 Å². The molecule has 0 bridgehead atoms. The SMILES string of the molecule is CCCNC(=S)N1CCN(S(=O)(=O)c2ccc(OC(F)(F)F)cc2)CC1. The summed E-state index contributed by atoms with van der Waals surface area (Å²) < 4.78 is 66.8. The number of thiocarbonyl (C=S) groups is 1. The van der Waals surface area contributed by atoms with Gasteiger partial charge < -0.3 is 15.0 Å². The molecule has 1 N–H and O–H groups in total. The smallest absolute Gasteiger partial charge is 0.406 e. The van der Waals surface area contributed by atoms with Crippen molar-refractivity contribution in [3.05, 3.63) is 24.3 Å². The topological polar surface area (TPSA) is 61.9 Å². The van der Waals surface area contributed by atoms with E-state index in [-0.39, 0.29) is 18.0 Å². The Balaban J connectivity index is 1.99. The van der Waals surface area contributed by atoms with Crippen LogP contribution < -0.4 is 10.1 Å². The standard InChI is InChI=1S/C15H20F3N3O3S2/c1-2-7-19-14(25)20-8-10-21(11-9-20)26(22,23)13-5-3-12(4-6-13)24-15(16,17)18/h3-6H,2,7-11H2,1H3,(H,19,25). The largest absolute Gasteiger partial charge is 0.573 e. The monoisotopic (exact) mass is 411 g/mol. The zero-order valence-corrected chi connectivity index (χ0v) is 15.8. The van der Waals surface area contributed by atoms with Gasteiger partial charge in [0, 0.05) is 32.7 Å². The molecule has 1 saturated heterocycles. The van der Waals surface area contributed by atoms with Crippen molar-refractivity contribution in [2.75, 3.05) is 32.7 Å². The Kier molecular flexibility index (Phi) is 6.69. The molecular weight excluding hydrogens is 391 g/mol. The van der Waals surface area contributed by atoms with Gasteiger partial charge in [-0.3, -0.25) is 0 Å². The van der Waals surface area contributed by atoms with E-state index in [9.17, 15) is 21.6 Å².